The molecule has 0 bridgehead atoms. The molecule has 0 aromatic heterocycles. The summed E-state index contributed by atoms with van der Waals surface area (Å²) >= 11 is 0. The molecule has 2 aromatic carbocycles. The summed E-state index contributed by atoms with van der Waals surface area (Å²) in [6.45, 7) is 10.4. The summed E-state index contributed by atoms with van der Waals surface area (Å²) in [5.41, 5.74) is 3.93. The van der Waals surface area contributed by atoms with Crippen LogP contribution in [0.4, 0.5) is 0 Å². The van der Waals surface area contributed by atoms with Crippen LogP contribution in [0.5, 0.6) is 11.5 Å². The fraction of sp³-hybridized carbons (Fsp3) is 0.440. The third-order valence-corrected chi connectivity index (χ3v) is 7.45. The number of ether oxygens (including phenoxy) is 3. The molecule has 0 saturated carbocycles. The number of aryl methyl sites for hydroxylation is 1. The Morgan fingerprint density at radius 2 is 1.81 bits per heavy atom. The van der Waals surface area contributed by atoms with E-state index in [2.05, 4.69) is 25.7 Å². The van der Waals surface area contributed by atoms with Crippen molar-refractivity contribution in [1.82, 2.24) is 4.90 Å². The van der Waals surface area contributed by atoms with Gasteiger partial charge in [-0.15, -0.1) is 0 Å². The third-order valence-electron chi connectivity index (χ3n) is 5.75. The summed E-state index contributed by atoms with van der Waals surface area (Å²) in [6.07, 6.45) is 0. The van der Waals surface area contributed by atoms with Crippen LogP contribution in [0, 0.1) is 18.3 Å². The number of carbonyl (C=O) groups is 1. The summed E-state index contributed by atoms with van der Waals surface area (Å²) < 4.78 is 17.1. The Kier molecular flexibility index (Phi) is 7.27. The number of benzene rings is 2. The maximum atomic E-state index is 13.8. The van der Waals surface area contributed by atoms with Crippen LogP contribution in [0.25, 0.3) is 0 Å². The van der Waals surface area contributed by atoms with Gasteiger partial charge in [0.2, 0.25) is 0 Å². The van der Waals surface area contributed by atoms with E-state index in [-0.39, 0.29) is 11.9 Å². The fourth-order valence-corrected chi connectivity index (χ4v) is 4.70. The summed E-state index contributed by atoms with van der Waals surface area (Å²) in [4.78, 5) is 15.6. The lowest BCUT2D eigenvalue weighted by Crippen LogP contribution is -2.33. The van der Waals surface area contributed by atoms with Crippen LogP contribution in [0.1, 0.15) is 38.7 Å². The van der Waals surface area contributed by atoms with E-state index in [4.69, 9.17) is 14.2 Å². The maximum absolute atomic E-state index is 13.8. The molecule has 2 aromatic rings. The highest BCUT2D eigenvalue weighted by Gasteiger charge is 2.37. The van der Waals surface area contributed by atoms with Crippen LogP contribution in [-0.2, 0) is 11.3 Å². The molecule has 170 valence electrons. The van der Waals surface area contributed by atoms with E-state index in [1.807, 2.05) is 31.2 Å². The smallest absolute Gasteiger partial charge is 0.262 e. The van der Waals surface area contributed by atoms with Crippen LogP contribution < -0.4 is 9.47 Å². The SMILES string of the molecule is COc1cc(C)cc(OC)c1C(=O)N1Cc2ccc(C#N)cc2C1COCC[Si](C)(C)C. The van der Waals surface area contributed by atoms with Crippen molar-refractivity contribution in [3.05, 3.63) is 58.1 Å². The van der Waals surface area contributed by atoms with Gasteiger partial charge in [-0.1, -0.05) is 25.7 Å². The number of amides is 1. The van der Waals surface area contributed by atoms with Gasteiger partial charge in [0, 0.05) is 21.2 Å². The quantitative estimate of drug-likeness (QED) is 0.419. The van der Waals surface area contributed by atoms with E-state index < -0.39 is 8.07 Å². The number of fused-ring (bicyclic) bond motifs is 1. The van der Waals surface area contributed by atoms with Gasteiger partial charge in [0.1, 0.15) is 17.1 Å². The number of nitrogens with zero attached hydrogens (tertiary/aromatic N) is 2. The zero-order chi connectivity index (χ0) is 23.5. The molecule has 1 aliphatic rings. The van der Waals surface area contributed by atoms with Crippen LogP contribution in [-0.4, -0.2) is 46.3 Å². The van der Waals surface area contributed by atoms with Crippen LogP contribution in [0.2, 0.25) is 25.7 Å². The minimum atomic E-state index is -1.22. The average molecular weight is 453 g/mol. The molecule has 1 atom stereocenters. The zero-order valence-corrected chi connectivity index (χ0v) is 20.8. The van der Waals surface area contributed by atoms with Crippen molar-refractivity contribution in [2.75, 3.05) is 27.4 Å². The molecular weight excluding hydrogens is 420 g/mol. The average Bonchev–Trinajstić information content (AvgIpc) is 3.12. The molecule has 0 N–H and O–H groups in total. The van der Waals surface area contributed by atoms with Gasteiger partial charge in [-0.2, -0.15) is 5.26 Å². The Balaban J connectivity index is 1.95. The van der Waals surface area contributed by atoms with Gasteiger partial charge < -0.3 is 19.1 Å². The Labute approximate surface area is 191 Å². The van der Waals surface area contributed by atoms with E-state index in [1.54, 1.807) is 25.2 Å². The Morgan fingerprint density at radius 1 is 1.16 bits per heavy atom. The van der Waals surface area contributed by atoms with Crippen molar-refractivity contribution in [3.8, 4) is 17.6 Å². The molecule has 0 aliphatic carbocycles. The molecule has 1 amide bonds. The molecule has 3 rings (SSSR count). The molecule has 0 fully saturated rings. The fourth-order valence-electron chi connectivity index (χ4n) is 3.94. The maximum Gasteiger partial charge on any atom is 0.262 e. The van der Waals surface area contributed by atoms with Gasteiger partial charge in [0.05, 0.1) is 38.5 Å². The first-order valence-electron chi connectivity index (χ1n) is 10.8. The molecule has 1 aliphatic heterocycles. The van der Waals surface area contributed by atoms with E-state index in [0.717, 1.165) is 22.7 Å². The predicted molar refractivity (Wildman–Crippen MR) is 127 cm³/mol. The number of hydrogen-bond donors (Lipinski definition) is 0. The summed E-state index contributed by atoms with van der Waals surface area (Å²) in [5, 5.41) is 9.38. The number of carbonyl (C=O) groups excluding carboxylic acids is 1. The zero-order valence-electron chi connectivity index (χ0n) is 19.8. The number of rotatable bonds is 8. The van der Waals surface area contributed by atoms with Crippen molar-refractivity contribution < 1.29 is 19.0 Å². The first-order valence-corrected chi connectivity index (χ1v) is 14.5. The second-order valence-corrected chi connectivity index (χ2v) is 15.0. The van der Waals surface area contributed by atoms with Gasteiger partial charge in [0.25, 0.3) is 5.91 Å². The van der Waals surface area contributed by atoms with E-state index in [1.165, 1.54) is 0 Å². The lowest BCUT2D eigenvalue weighted by molar-refractivity contribution is 0.0480. The second-order valence-electron chi connectivity index (χ2n) is 9.40. The summed E-state index contributed by atoms with van der Waals surface area (Å²) in [7, 11) is 1.89. The highest BCUT2D eigenvalue weighted by atomic mass is 28.3. The topological polar surface area (TPSA) is 71.8 Å². The molecule has 1 heterocycles. The number of methoxy groups -OCH3 is 2. The molecular formula is C25H32N2O4Si. The van der Waals surface area contributed by atoms with Crippen molar-refractivity contribution in [1.29, 1.82) is 5.26 Å². The minimum Gasteiger partial charge on any atom is -0.496 e. The van der Waals surface area contributed by atoms with Crippen LogP contribution >= 0.6 is 0 Å². The van der Waals surface area contributed by atoms with Gasteiger partial charge in [-0.25, -0.2) is 0 Å². The first kappa shape index (κ1) is 23.8. The number of hydrogen-bond acceptors (Lipinski definition) is 5. The summed E-state index contributed by atoms with van der Waals surface area (Å²) in [6, 6.07) is 12.3. The largest absolute Gasteiger partial charge is 0.496 e. The molecule has 0 spiro atoms. The number of nitriles is 1. The van der Waals surface area contributed by atoms with Crippen molar-refractivity contribution in [2.24, 2.45) is 0 Å². The second kappa shape index (κ2) is 9.76. The Morgan fingerprint density at radius 3 is 2.38 bits per heavy atom. The minimum absolute atomic E-state index is 0.174. The van der Waals surface area contributed by atoms with Gasteiger partial charge >= 0.3 is 0 Å². The van der Waals surface area contributed by atoms with Gasteiger partial charge in [0.15, 0.2) is 0 Å². The molecule has 6 nitrogen and oxygen atoms in total. The molecule has 0 saturated heterocycles. The van der Waals surface area contributed by atoms with E-state index in [9.17, 15) is 10.1 Å². The molecule has 32 heavy (non-hydrogen) atoms. The normalized spacial score (nSPS) is 15.3. The highest BCUT2D eigenvalue weighted by molar-refractivity contribution is 6.76. The van der Waals surface area contributed by atoms with E-state index >= 15 is 0 Å². The van der Waals surface area contributed by atoms with Gasteiger partial charge in [-0.3, -0.25) is 4.79 Å². The van der Waals surface area contributed by atoms with Crippen molar-refractivity contribution >= 4 is 14.0 Å². The predicted octanol–water partition coefficient (Wildman–Crippen LogP) is 4.94. The standard InChI is InChI=1S/C25H32N2O4Si/c1-17-11-22(29-2)24(23(12-17)30-3)25(28)27-15-19-8-7-18(14-26)13-20(19)21(27)16-31-9-10-32(4,5)6/h7-8,11-13,21H,9-10,15-16H2,1-6H3. The third kappa shape index (κ3) is 5.14. The molecule has 0 radical (unpaired) electrons. The van der Waals surface area contributed by atoms with Crippen molar-refractivity contribution in [2.45, 2.75) is 45.2 Å². The van der Waals surface area contributed by atoms with Crippen LogP contribution in [0.3, 0.4) is 0 Å². The molecule has 1 unspecified atom stereocenters. The Hall–Kier alpha value is -2.82. The van der Waals surface area contributed by atoms with Gasteiger partial charge in [-0.05, 0) is 53.9 Å². The molecule has 7 heteroatoms. The van der Waals surface area contributed by atoms with Crippen LogP contribution in [0.15, 0.2) is 30.3 Å². The monoisotopic (exact) mass is 452 g/mol. The van der Waals surface area contributed by atoms with E-state index in [0.29, 0.717) is 42.4 Å². The first-order chi connectivity index (χ1) is 15.2. The summed E-state index contributed by atoms with van der Waals surface area (Å²) in [5.74, 6) is 0.796. The lowest BCUT2D eigenvalue weighted by atomic mass is 10.0. The Bertz CT molecular complexity index is 1010. The lowest BCUT2D eigenvalue weighted by Gasteiger charge is -2.27. The van der Waals surface area contributed by atoms with Crippen molar-refractivity contribution in [3.63, 3.8) is 0 Å². The highest BCUT2D eigenvalue weighted by Crippen LogP contribution is 2.39.